The summed E-state index contributed by atoms with van der Waals surface area (Å²) in [5, 5.41) is 5.91. The highest BCUT2D eigenvalue weighted by molar-refractivity contribution is 5.90. The Bertz CT molecular complexity index is 827. The summed E-state index contributed by atoms with van der Waals surface area (Å²) in [5.74, 6) is 0.384. The highest BCUT2D eigenvalue weighted by Crippen LogP contribution is 2.30. The van der Waals surface area contributed by atoms with E-state index in [-0.39, 0.29) is 35.7 Å². The zero-order valence-corrected chi connectivity index (χ0v) is 17.5. The molecule has 0 unspecified atom stereocenters. The Morgan fingerprint density at radius 1 is 1.20 bits per heavy atom. The van der Waals surface area contributed by atoms with Crippen molar-refractivity contribution in [2.24, 2.45) is 5.92 Å². The summed E-state index contributed by atoms with van der Waals surface area (Å²) in [6.45, 7) is 3.62. The van der Waals surface area contributed by atoms with E-state index in [4.69, 9.17) is 4.74 Å². The van der Waals surface area contributed by atoms with Gasteiger partial charge in [-0.3, -0.25) is 19.3 Å². The molecule has 1 saturated carbocycles. The maximum Gasteiger partial charge on any atom is 0.246 e. The van der Waals surface area contributed by atoms with Crippen molar-refractivity contribution in [1.29, 1.82) is 0 Å². The third-order valence-corrected chi connectivity index (χ3v) is 5.95. The average Bonchev–Trinajstić information content (AvgIpc) is 3.50. The number of hydrogen-bond acceptors (Lipinski definition) is 6. The van der Waals surface area contributed by atoms with E-state index in [9.17, 15) is 14.4 Å². The third-order valence-electron chi connectivity index (χ3n) is 5.95. The molecule has 1 aliphatic carbocycles. The van der Waals surface area contributed by atoms with Crippen LogP contribution < -0.4 is 15.4 Å². The van der Waals surface area contributed by atoms with Gasteiger partial charge in [-0.1, -0.05) is 6.07 Å². The Morgan fingerprint density at radius 3 is 2.70 bits per heavy atom. The van der Waals surface area contributed by atoms with Crippen LogP contribution in [0.15, 0.2) is 18.2 Å². The van der Waals surface area contributed by atoms with Crippen LogP contribution in [0.1, 0.15) is 31.9 Å². The normalized spacial score (nSPS) is 26.7. The number of nitrogens with one attached hydrogen (secondary N) is 2. The van der Waals surface area contributed by atoms with Crippen LogP contribution in [0.5, 0.6) is 5.88 Å². The highest BCUT2D eigenvalue weighted by Gasteiger charge is 2.43. The van der Waals surface area contributed by atoms with E-state index in [2.05, 4.69) is 20.5 Å². The van der Waals surface area contributed by atoms with Gasteiger partial charge in [-0.05, 0) is 25.3 Å². The molecule has 3 fully saturated rings. The number of pyridine rings is 1. The molecule has 0 bridgehead atoms. The van der Waals surface area contributed by atoms with Gasteiger partial charge in [-0.15, -0.1) is 0 Å². The topological polar surface area (TPSA) is 104 Å². The van der Waals surface area contributed by atoms with Crippen molar-refractivity contribution in [2.45, 2.75) is 50.9 Å². The molecule has 0 aromatic carbocycles. The van der Waals surface area contributed by atoms with Gasteiger partial charge < -0.3 is 20.3 Å². The van der Waals surface area contributed by atoms with Gasteiger partial charge in [0.2, 0.25) is 23.6 Å². The first kappa shape index (κ1) is 20.6. The van der Waals surface area contributed by atoms with Crippen LogP contribution in [0.4, 0.5) is 0 Å². The minimum absolute atomic E-state index is 0.0113. The van der Waals surface area contributed by atoms with Crippen LogP contribution in [0.3, 0.4) is 0 Å². The van der Waals surface area contributed by atoms with E-state index in [1.165, 1.54) is 6.92 Å². The van der Waals surface area contributed by atoms with E-state index >= 15 is 0 Å². The Kier molecular flexibility index (Phi) is 5.90. The lowest BCUT2D eigenvalue weighted by Crippen LogP contribution is -2.52. The molecular weight excluding hydrogens is 386 g/mol. The van der Waals surface area contributed by atoms with E-state index in [1.807, 2.05) is 17.0 Å². The molecule has 1 aromatic heterocycles. The van der Waals surface area contributed by atoms with Gasteiger partial charge in [0.05, 0.1) is 12.8 Å². The number of carbonyl (C=O) groups excluding carboxylic acids is 3. The smallest absolute Gasteiger partial charge is 0.246 e. The predicted octanol–water partition coefficient (Wildman–Crippen LogP) is -0.0938. The maximum absolute atomic E-state index is 13.3. The second-order valence-corrected chi connectivity index (χ2v) is 8.48. The fourth-order valence-corrected chi connectivity index (χ4v) is 4.42. The lowest BCUT2D eigenvalue weighted by atomic mass is 10.1. The van der Waals surface area contributed by atoms with Crippen molar-refractivity contribution in [3.8, 4) is 5.88 Å². The summed E-state index contributed by atoms with van der Waals surface area (Å²) in [6, 6.07) is 4.95. The first-order valence-corrected chi connectivity index (χ1v) is 10.5. The molecule has 9 nitrogen and oxygen atoms in total. The second-order valence-electron chi connectivity index (χ2n) is 8.48. The first-order valence-electron chi connectivity index (χ1n) is 10.5. The van der Waals surface area contributed by atoms with Crippen LogP contribution in [0.25, 0.3) is 0 Å². The molecule has 1 aromatic rings. The number of carbonyl (C=O) groups is 3. The predicted molar refractivity (Wildman–Crippen MR) is 108 cm³/mol. The Hall–Kier alpha value is -2.68. The number of nitrogens with zero attached hydrogens (tertiary/aromatic N) is 3. The monoisotopic (exact) mass is 415 g/mol. The summed E-state index contributed by atoms with van der Waals surface area (Å²) in [6.07, 6.45) is 2.49. The van der Waals surface area contributed by atoms with Crippen molar-refractivity contribution in [2.75, 3.05) is 26.7 Å². The van der Waals surface area contributed by atoms with Gasteiger partial charge in [0.1, 0.15) is 6.04 Å². The molecule has 2 aliphatic heterocycles. The molecule has 0 spiro atoms. The van der Waals surface area contributed by atoms with E-state index < -0.39 is 6.04 Å². The molecule has 3 heterocycles. The number of ether oxygens (including phenoxy) is 1. The van der Waals surface area contributed by atoms with Crippen molar-refractivity contribution in [3.63, 3.8) is 0 Å². The molecule has 0 radical (unpaired) electrons. The first-order chi connectivity index (χ1) is 14.4. The Labute approximate surface area is 176 Å². The SMILES string of the molecule is COc1cccc(CN2C[C@@H]3C[C@H](NC(C)=O)CN3C(=O)[C@@H](NC(=O)C3CC3)C2)n1. The summed E-state index contributed by atoms with van der Waals surface area (Å²) in [5.41, 5.74) is 0.846. The molecule has 162 valence electrons. The molecule has 3 atom stereocenters. The van der Waals surface area contributed by atoms with Crippen LogP contribution in [-0.4, -0.2) is 77.4 Å². The molecule has 4 rings (SSSR count). The van der Waals surface area contributed by atoms with Crippen LogP contribution in [0.2, 0.25) is 0 Å². The molecule has 2 N–H and O–H groups in total. The maximum atomic E-state index is 13.3. The van der Waals surface area contributed by atoms with Crippen LogP contribution >= 0.6 is 0 Å². The summed E-state index contributed by atoms with van der Waals surface area (Å²) in [4.78, 5) is 45.7. The van der Waals surface area contributed by atoms with Gasteiger partial charge in [-0.2, -0.15) is 0 Å². The molecular formula is C21H29N5O4. The minimum atomic E-state index is -0.593. The number of amides is 3. The minimum Gasteiger partial charge on any atom is -0.481 e. The summed E-state index contributed by atoms with van der Waals surface area (Å²) in [7, 11) is 1.58. The number of rotatable bonds is 6. The van der Waals surface area contributed by atoms with E-state index in [0.29, 0.717) is 38.5 Å². The quantitative estimate of drug-likeness (QED) is 0.673. The second kappa shape index (κ2) is 8.59. The molecule has 3 aliphatic rings. The van der Waals surface area contributed by atoms with E-state index in [0.717, 1.165) is 18.5 Å². The highest BCUT2D eigenvalue weighted by atomic mass is 16.5. The van der Waals surface area contributed by atoms with Crippen molar-refractivity contribution >= 4 is 17.7 Å². The lowest BCUT2D eigenvalue weighted by Gasteiger charge is -2.25. The lowest BCUT2D eigenvalue weighted by molar-refractivity contribution is -0.136. The van der Waals surface area contributed by atoms with Crippen molar-refractivity contribution in [1.82, 2.24) is 25.4 Å². The fourth-order valence-electron chi connectivity index (χ4n) is 4.42. The molecule has 2 saturated heterocycles. The number of methoxy groups -OCH3 is 1. The van der Waals surface area contributed by atoms with Gasteiger partial charge in [-0.25, -0.2) is 4.98 Å². The number of hydrogen-bond donors (Lipinski definition) is 2. The zero-order valence-electron chi connectivity index (χ0n) is 17.5. The Balaban J connectivity index is 1.53. The molecule has 30 heavy (non-hydrogen) atoms. The zero-order chi connectivity index (χ0) is 21.3. The Morgan fingerprint density at radius 2 is 2.00 bits per heavy atom. The number of aromatic nitrogens is 1. The van der Waals surface area contributed by atoms with E-state index in [1.54, 1.807) is 13.2 Å². The third kappa shape index (κ3) is 4.72. The summed E-state index contributed by atoms with van der Waals surface area (Å²) < 4.78 is 5.22. The van der Waals surface area contributed by atoms with Crippen molar-refractivity contribution < 1.29 is 19.1 Å². The molecule has 9 heteroatoms. The van der Waals surface area contributed by atoms with Crippen LogP contribution in [0, 0.1) is 5.92 Å². The van der Waals surface area contributed by atoms with Crippen molar-refractivity contribution in [3.05, 3.63) is 23.9 Å². The largest absolute Gasteiger partial charge is 0.481 e. The standard InChI is InChI=1S/C21H29N5O4/c1-13(27)22-16-8-17-11-25(9-15-4-3-5-19(23-15)30-2)12-18(21(29)26(17)10-16)24-20(28)14-6-7-14/h3-5,14,16-18H,6-12H2,1-2H3,(H,22,27)(H,24,28)/t16-,17-,18-/m0/s1. The van der Waals surface area contributed by atoms with Gasteiger partial charge in [0.25, 0.3) is 0 Å². The number of fused-ring (bicyclic) bond motifs is 1. The van der Waals surface area contributed by atoms with Gasteiger partial charge in [0, 0.05) is 57.2 Å². The van der Waals surface area contributed by atoms with Gasteiger partial charge in [0.15, 0.2) is 0 Å². The van der Waals surface area contributed by atoms with Gasteiger partial charge >= 0.3 is 0 Å². The summed E-state index contributed by atoms with van der Waals surface area (Å²) >= 11 is 0. The molecule has 3 amide bonds. The fraction of sp³-hybridized carbons (Fsp3) is 0.619. The average molecular weight is 415 g/mol. The van der Waals surface area contributed by atoms with Crippen LogP contribution in [-0.2, 0) is 20.9 Å².